The number of carbonyl (C=O) groups is 2. The molecule has 2 heterocycles. The lowest BCUT2D eigenvalue weighted by Crippen LogP contribution is -2.57. The standard InChI is InChI=1S/C17H23N3O3/c21-16(13-5-2-1-3-6-13)19-20(14-8-11-23-12-9-14)17(22)15-7-4-10-18-15/h1-3,5-6,14-15,18H,4,7-12H2,(H,19,21). The molecule has 2 N–H and O–H groups in total. The van der Waals surface area contributed by atoms with Gasteiger partial charge in [0, 0.05) is 18.8 Å². The zero-order valence-corrected chi connectivity index (χ0v) is 13.2. The van der Waals surface area contributed by atoms with E-state index >= 15 is 0 Å². The quantitative estimate of drug-likeness (QED) is 0.819. The Balaban J connectivity index is 1.74. The van der Waals surface area contributed by atoms with Crippen molar-refractivity contribution in [1.29, 1.82) is 0 Å². The number of benzene rings is 1. The predicted octanol–water partition coefficient (Wildman–Crippen LogP) is 1.09. The van der Waals surface area contributed by atoms with Crippen LogP contribution < -0.4 is 10.7 Å². The Hall–Kier alpha value is -1.92. The smallest absolute Gasteiger partial charge is 0.269 e. The summed E-state index contributed by atoms with van der Waals surface area (Å²) in [5.41, 5.74) is 3.38. The average molecular weight is 317 g/mol. The number of hydrogen-bond acceptors (Lipinski definition) is 4. The molecule has 1 atom stereocenters. The number of nitrogens with one attached hydrogen (secondary N) is 2. The van der Waals surface area contributed by atoms with Crippen LogP contribution in [0.1, 0.15) is 36.0 Å². The van der Waals surface area contributed by atoms with Gasteiger partial charge in [-0.25, -0.2) is 5.01 Å². The third-order valence-electron chi connectivity index (χ3n) is 4.41. The molecule has 2 fully saturated rings. The van der Waals surface area contributed by atoms with Gasteiger partial charge in [-0.05, 0) is 44.4 Å². The fourth-order valence-corrected chi connectivity index (χ4v) is 3.10. The maximum absolute atomic E-state index is 12.8. The van der Waals surface area contributed by atoms with E-state index in [2.05, 4.69) is 10.7 Å². The van der Waals surface area contributed by atoms with Crippen LogP contribution in [-0.2, 0) is 9.53 Å². The van der Waals surface area contributed by atoms with Gasteiger partial charge in [0.15, 0.2) is 0 Å². The lowest BCUT2D eigenvalue weighted by molar-refractivity contribution is -0.140. The normalized spacial score (nSPS) is 21.8. The van der Waals surface area contributed by atoms with E-state index < -0.39 is 0 Å². The molecule has 3 rings (SSSR count). The fourth-order valence-electron chi connectivity index (χ4n) is 3.10. The van der Waals surface area contributed by atoms with E-state index in [0.29, 0.717) is 18.8 Å². The summed E-state index contributed by atoms with van der Waals surface area (Å²) in [7, 11) is 0. The molecule has 1 aromatic rings. The van der Waals surface area contributed by atoms with E-state index in [1.165, 1.54) is 0 Å². The van der Waals surface area contributed by atoms with Crippen LogP contribution in [0.2, 0.25) is 0 Å². The molecule has 0 aromatic heterocycles. The molecule has 23 heavy (non-hydrogen) atoms. The SMILES string of the molecule is O=C(NN(C(=O)C1CCCN1)C1CCOCC1)c1ccccc1. The van der Waals surface area contributed by atoms with Crippen LogP contribution in [0.5, 0.6) is 0 Å². The van der Waals surface area contributed by atoms with Gasteiger partial charge >= 0.3 is 0 Å². The Morgan fingerprint density at radius 2 is 1.87 bits per heavy atom. The Bertz CT molecular complexity index is 537. The van der Waals surface area contributed by atoms with Gasteiger partial charge in [-0.3, -0.25) is 15.0 Å². The van der Waals surface area contributed by atoms with Gasteiger partial charge in [0.25, 0.3) is 11.8 Å². The van der Waals surface area contributed by atoms with Crippen molar-refractivity contribution in [1.82, 2.24) is 15.8 Å². The number of hydrazine groups is 1. The van der Waals surface area contributed by atoms with Crippen molar-refractivity contribution >= 4 is 11.8 Å². The largest absolute Gasteiger partial charge is 0.381 e. The van der Waals surface area contributed by atoms with Crippen LogP contribution in [0.15, 0.2) is 30.3 Å². The molecule has 2 saturated heterocycles. The molecular weight excluding hydrogens is 294 g/mol. The lowest BCUT2D eigenvalue weighted by Gasteiger charge is -2.35. The minimum Gasteiger partial charge on any atom is -0.381 e. The van der Waals surface area contributed by atoms with E-state index in [9.17, 15) is 9.59 Å². The van der Waals surface area contributed by atoms with Crippen molar-refractivity contribution in [3.63, 3.8) is 0 Å². The number of ether oxygens (including phenoxy) is 1. The van der Waals surface area contributed by atoms with Crippen LogP contribution in [0, 0.1) is 0 Å². The maximum atomic E-state index is 12.8. The summed E-state index contributed by atoms with van der Waals surface area (Å²) in [6, 6.07) is 8.77. The van der Waals surface area contributed by atoms with Crippen LogP contribution in [0.3, 0.4) is 0 Å². The zero-order chi connectivity index (χ0) is 16.1. The van der Waals surface area contributed by atoms with Gasteiger partial charge in [-0.2, -0.15) is 0 Å². The molecule has 2 aliphatic rings. The Kier molecular flexibility index (Phi) is 5.25. The highest BCUT2D eigenvalue weighted by Crippen LogP contribution is 2.17. The zero-order valence-electron chi connectivity index (χ0n) is 13.2. The number of amides is 2. The number of nitrogens with zero attached hydrogens (tertiary/aromatic N) is 1. The molecule has 6 heteroatoms. The molecule has 0 radical (unpaired) electrons. The van der Waals surface area contributed by atoms with Crippen LogP contribution in [-0.4, -0.2) is 48.7 Å². The predicted molar refractivity (Wildman–Crippen MR) is 85.6 cm³/mol. The van der Waals surface area contributed by atoms with Gasteiger partial charge in [0.2, 0.25) is 0 Å². The Labute approximate surface area is 136 Å². The molecule has 0 saturated carbocycles. The maximum Gasteiger partial charge on any atom is 0.269 e. The Morgan fingerprint density at radius 3 is 2.52 bits per heavy atom. The molecule has 0 bridgehead atoms. The highest BCUT2D eigenvalue weighted by molar-refractivity contribution is 5.96. The van der Waals surface area contributed by atoms with Crippen molar-refractivity contribution in [3.8, 4) is 0 Å². The van der Waals surface area contributed by atoms with E-state index in [-0.39, 0.29) is 23.9 Å². The molecule has 2 aliphatic heterocycles. The number of rotatable bonds is 3. The van der Waals surface area contributed by atoms with Gasteiger partial charge in [0.1, 0.15) is 0 Å². The van der Waals surface area contributed by atoms with Crippen molar-refractivity contribution in [2.75, 3.05) is 19.8 Å². The van der Waals surface area contributed by atoms with Crippen molar-refractivity contribution in [2.45, 2.75) is 37.8 Å². The van der Waals surface area contributed by atoms with Crippen LogP contribution in [0.25, 0.3) is 0 Å². The van der Waals surface area contributed by atoms with Crippen molar-refractivity contribution < 1.29 is 14.3 Å². The summed E-state index contributed by atoms with van der Waals surface area (Å²) in [4.78, 5) is 25.3. The second-order valence-electron chi connectivity index (χ2n) is 6.01. The molecule has 0 spiro atoms. The molecule has 124 valence electrons. The summed E-state index contributed by atoms with van der Waals surface area (Å²) in [6.07, 6.45) is 3.30. The molecule has 0 aliphatic carbocycles. The number of carbonyl (C=O) groups excluding carboxylic acids is 2. The summed E-state index contributed by atoms with van der Waals surface area (Å²) in [5, 5.41) is 4.76. The van der Waals surface area contributed by atoms with Gasteiger partial charge < -0.3 is 10.1 Å². The molecule has 2 amide bonds. The average Bonchev–Trinajstić information content (AvgIpc) is 3.15. The lowest BCUT2D eigenvalue weighted by atomic mass is 10.1. The van der Waals surface area contributed by atoms with Crippen LogP contribution >= 0.6 is 0 Å². The first-order valence-electron chi connectivity index (χ1n) is 8.26. The first kappa shape index (κ1) is 16.0. The summed E-state index contributed by atoms with van der Waals surface area (Å²) in [5.74, 6) is -0.290. The topological polar surface area (TPSA) is 70.7 Å². The van der Waals surface area contributed by atoms with Gasteiger partial charge in [-0.15, -0.1) is 0 Å². The highest BCUT2D eigenvalue weighted by atomic mass is 16.5. The third kappa shape index (κ3) is 3.89. The highest BCUT2D eigenvalue weighted by Gasteiger charge is 2.33. The van der Waals surface area contributed by atoms with E-state index in [0.717, 1.165) is 32.2 Å². The monoisotopic (exact) mass is 317 g/mol. The molecule has 1 unspecified atom stereocenters. The molecule has 6 nitrogen and oxygen atoms in total. The van der Waals surface area contributed by atoms with Crippen LogP contribution in [0.4, 0.5) is 0 Å². The summed E-state index contributed by atoms with van der Waals surface area (Å²) in [6.45, 7) is 2.09. The fraction of sp³-hybridized carbons (Fsp3) is 0.529. The Morgan fingerprint density at radius 1 is 1.13 bits per heavy atom. The molecule has 1 aromatic carbocycles. The first-order chi connectivity index (χ1) is 11.3. The summed E-state index contributed by atoms with van der Waals surface area (Å²) < 4.78 is 5.38. The van der Waals surface area contributed by atoms with Gasteiger partial charge in [-0.1, -0.05) is 18.2 Å². The third-order valence-corrected chi connectivity index (χ3v) is 4.41. The first-order valence-corrected chi connectivity index (χ1v) is 8.26. The second-order valence-corrected chi connectivity index (χ2v) is 6.01. The summed E-state index contributed by atoms with van der Waals surface area (Å²) >= 11 is 0. The number of hydrogen-bond donors (Lipinski definition) is 2. The van der Waals surface area contributed by atoms with Crippen molar-refractivity contribution in [3.05, 3.63) is 35.9 Å². The minimum absolute atomic E-state index is 0.00804. The molecular formula is C17H23N3O3. The minimum atomic E-state index is -0.247. The van der Waals surface area contributed by atoms with Gasteiger partial charge in [0.05, 0.1) is 12.1 Å². The van der Waals surface area contributed by atoms with E-state index in [1.54, 1.807) is 17.1 Å². The van der Waals surface area contributed by atoms with E-state index in [1.807, 2.05) is 18.2 Å². The van der Waals surface area contributed by atoms with E-state index in [4.69, 9.17) is 4.74 Å². The van der Waals surface area contributed by atoms with Crippen molar-refractivity contribution in [2.24, 2.45) is 0 Å². The second kappa shape index (κ2) is 7.57.